The number of carbonyl (C=O) groups is 1. The quantitative estimate of drug-likeness (QED) is 0.249. The first-order chi connectivity index (χ1) is 19.3. The molecule has 0 bridgehead atoms. The minimum atomic E-state index is -4.00. The number of sulfonamides is 1. The summed E-state index contributed by atoms with van der Waals surface area (Å²) in [6.07, 6.45) is 1.43. The highest BCUT2D eigenvalue weighted by molar-refractivity contribution is 7.93. The van der Waals surface area contributed by atoms with Gasteiger partial charge in [0.2, 0.25) is 0 Å². The summed E-state index contributed by atoms with van der Waals surface area (Å²) in [5.41, 5.74) is 4.85. The Labute approximate surface area is 238 Å². The van der Waals surface area contributed by atoms with Crippen molar-refractivity contribution in [2.45, 2.75) is 13.5 Å². The molecule has 0 radical (unpaired) electrons. The zero-order valence-electron chi connectivity index (χ0n) is 21.5. The first kappa shape index (κ1) is 26.9. The second-order valence-corrected chi connectivity index (χ2v) is 11.0. The molecule has 0 saturated carbocycles. The van der Waals surface area contributed by atoms with Gasteiger partial charge in [-0.2, -0.15) is 0 Å². The maximum Gasteiger partial charge on any atom is 0.265 e. The molecule has 4 aromatic carbocycles. The van der Waals surface area contributed by atoms with Crippen LogP contribution in [0.5, 0.6) is 0 Å². The van der Waals surface area contributed by atoms with Crippen LogP contribution in [0.3, 0.4) is 0 Å². The Balaban J connectivity index is 1.36. The van der Waals surface area contributed by atoms with Crippen molar-refractivity contribution >= 4 is 44.6 Å². The normalized spacial score (nSPS) is 11.3. The Kier molecular flexibility index (Phi) is 7.83. The van der Waals surface area contributed by atoms with Gasteiger partial charge in [-0.15, -0.1) is 0 Å². The number of aryl methyl sites for hydroxylation is 1. The lowest BCUT2D eigenvalue weighted by Gasteiger charge is -2.10. The number of carbonyl (C=O) groups excluding carboxylic acids is 1. The molecule has 0 aliphatic carbocycles. The van der Waals surface area contributed by atoms with Gasteiger partial charge in [0.05, 0.1) is 23.0 Å². The summed E-state index contributed by atoms with van der Waals surface area (Å²) in [5.74, 6) is 6.26. The molecule has 198 valence electrons. The third-order valence-corrected chi connectivity index (χ3v) is 7.50. The molecule has 0 saturated heterocycles. The van der Waals surface area contributed by atoms with E-state index in [0.29, 0.717) is 28.2 Å². The van der Waals surface area contributed by atoms with Crippen molar-refractivity contribution in [2.75, 3.05) is 0 Å². The topological polar surface area (TPSA) is 81.1 Å². The van der Waals surface area contributed by atoms with Gasteiger partial charge in [0, 0.05) is 21.7 Å². The number of imidazole rings is 1. The van der Waals surface area contributed by atoms with Crippen molar-refractivity contribution in [3.63, 3.8) is 0 Å². The van der Waals surface area contributed by atoms with Crippen molar-refractivity contribution in [3.8, 4) is 11.8 Å². The lowest BCUT2D eigenvalue weighted by atomic mass is 10.1. The van der Waals surface area contributed by atoms with Gasteiger partial charge in [-0.25, -0.2) is 18.1 Å². The minimum absolute atomic E-state index is 0.197. The van der Waals surface area contributed by atoms with Crippen molar-refractivity contribution in [1.82, 2.24) is 14.3 Å². The summed E-state index contributed by atoms with van der Waals surface area (Å²) < 4.78 is 29.0. The van der Waals surface area contributed by atoms with Crippen LogP contribution in [0.25, 0.3) is 17.1 Å². The minimum Gasteiger partial charge on any atom is -0.324 e. The van der Waals surface area contributed by atoms with E-state index in [0.717, 1.165) is 27.9 Å². The van der Waals surface area contributed by atoms with E-state index in [2.05, 4.69) is 21.5 Å². The van der Waals surface area contributed by atoms with Gasteiger partial charge in [0.25, 0.3) is 15.9 Å². The highest BCUT2D eigenvalue weighted by Gasteiger charge is 2.16. The van der Waals surface area contributed by atoms with Crippen LogP contribution in [0.4, 0.5) is 0 Å². The van der Waals surface area contributed by atoms with E-state index in [-0.39, 0.29) is 5.56 Å². The van der Waals surface area contributed by atoms with Crippen molar-refractivity contribution in [3.05, 3.63) is 141 Å². The average Bonchev–Trinajstić information content (AvgIpc) is 3.27. The van der Waals surface area contributed by atoms with E-state index < -0.39 is 15.9 Å². The van der Waals surface area contributed by atoms with Gasteiger partial charge >= 0.3 is 0 Å². The van der Waals surface area contributed by atoms with E-state index in [1.807, 2.05) is 66.1 Å². The first-order valence-corrected chi connectivity index (χ1v) is 14.3. The van der Waals surface area contributed by atoms with Gasteiger partial charge in [0.1, 0.15) is 5.82 Å². The maximum absolute atomic E-state index is 12.9. The molecule has 5 aromatic rings. The number of nitrogens with one attached hydrogen (secondary N) is 1. The summed E-state index contributed by atoms with van der Waals surface area (Å²) in [7, 11) is -4.00. The lowest BCUT2D eigenvalue weighted by molar-refractivity contribution is 0.0982. The Morgan fingerprint density at radius 1 is 0.925 bits per heavy atom. The zero-order chi connectivity index (χ0) is 28.1. The largest absolute Gasteiger partial charge is 0.324 e. The number of rotatable bonds is 6. The van der Waals surface area contributed by atoms with E-state index in [1.165, 1.54) is 6.08 Å². The lowest BCUT2D eigenvalue weighted by Crippen LogP contribution is -2.28. The third-order valence-electron chi connectivity index (χ3n) is 6.18. The van der Waals surface area contributed by atoms with Crippen LogP contribution in [0.15, 0.2) is 102 Å². The number of hydrogen-bond donors (Lipinski definition) is 1. The Bertz CT molecular complexity index is 1900. The molecule has 1 aromatic heterocycles. The summed E-state index contributed by atoms with van der Waals surface area (Å²) in [6.45, 7) is 2.28. The molecule has 6 nitrogen and oxygen atoms in total. The predicted molar refractivity (Wildman–Crippen MR) is 159 cm³/mol. The number of fused-ring (bicyclic) bond motifs is 1. The predicted octanol–water partition coefficient (Wildman–Crippen LogP) is 6.18. The number of nitrogens with zero attached hydrogens (tertiary/aromatic N) is 2. The fraction of sp³-hybridized carbons (Fsp3) is 0.0625. The number of benzene rings is 4. The summed E-state index contributed by atoms with van der Waals surface area (Å²) >= 11 is 6.62. The van der Waals surface area contributed by atoms with E-state index in [1.54, 1.807) is 42.5 Å². The van der Waals surface area contributed by atoms with Gasteiger partial charge in [0.15, 0.2) is 0 Å². The molecule has 0 fully saturated rings. The Morgan fingerprint density at radius 2 is 1.62 bits per heavy atom. The van der Waals surface area contributed by atoms with Gasteiger partial charge in [-0.1, -0.05) is 78.0 Å². The fourth-order valence-electron chi connectivity index (χ4n) is 4.13. The summed E-state index contributed by atoms with van der Waals surface area (Å²) in [5, 5.41) is 1.54. The standard InChI is InChI=1S/C32H24ClN3O3S/c1-23-34-30-17-16-27(32(37)35-40(38,39)19-18-25-10-6-3-7-11-25)21-31(30)36(23)22-28-15-14-26(20-29(28)33)13-12-24-8-4-2-5-9-24/h2-11,14-21H,22H2,1H3,(H,35,37). The smallest absolute Gasteiger partial charge is 0.265 e. The van der Waals surface area contributed by atoms with Crippen LogP contribution in [0, 0.1) is 18.8 Å². The van der Waals surface area contributed by atoms with Crippen LogP contribution in [-0.2, 0) is 16.6 Å². The third kappa shape index (κ3) is 6.49. The molecule has 40 heavy (non-hydrogen) atoms. The summed E-state index contributed by atoms with van der Waals surface area (Å²) in [6, 6.07) is 29.2. The van der Waals surface area contributed by atoms with Crippen LogP contribution in [0.1, 0.15) is 38.4 Å². The highest BCUT2D eigenvalue weighted by Crippen LogP contribution is 2.24. The number of halogens is 1. The summed E-state index contributed by atoms with van der Waals surface area (Å²) in [4.78, 5) is 17.5. The zero-order valence-corrected chi connectivity index (χ0v) is 23.1. The van der Waals surface area contributed by atoms with Crippen molar-refractivity contribution in [2.24, 2.45) is 0 Å². The first-order valence-electron chi connectivity index (χ1n) is 12.4. The Hall–Kier alpha value is -4.64. The Morgan fingerprint density at radius 3 is 2.35 bits per heavy atom. The monoisotopic (exact) mass is 565 g/mol. The van der Waals surface area contributed by atoms with Crippen LogP contribution < -0.4 is 4.72 Å². The van der Waals surface area contributed by atoms with Crippen molar-refractivity contribution < 1.29 is 13.2 Å². The van der Waals surface area contributed by atoms with Gasteiger partial charge < -0.3 is 4.57 Å². The number of aromatic nitrogens is 2. The van der Waals surface area contributed by atoms with E-state index in [9.17, 15) is 13.2 Å². The molecule has 0 spiro atoms. The SMILES string of the molecule is Cc1nc2ccc(C(=O)NS(=O)(=O)C=Cc3ccccc3)cc2n1Cc1ccc(C#Cc2ccccc2)cc1Cl. The number of hydrogen-bond acceptors (Lipinski definition) is 4. The highest BCUT2D eigenvalue weighted by atomic mass is 35.5. The molecule has 0 atom stereocenters. The molecule has 0 aliphatic rings. The van der Waals surface area contributed by atoms with Crippen LogP contribution in [-0.4, -0.2) is 23.9 Å². The van der Waals surface area contributed by atoms with Crippen LogP contribution >= 0.6 is 11.6 Å². The maximum atomic E-state index is 12.9. The molecule has 8 heteroatoms. The van der Waals surface area contributed by atoms with Gasteiger partial charge in [-0.05, 0) is 66.6 Å². The van der Waals surface area contributed by atoms with E-state index >= 15 is 0 Å². The van der Waals surface area contributed by atoms with Crippen LogP contribution in [0.2, 0.25) is 5.02 Å². The van der Waals surface area contributed by atoms with Crippen molar-refractivity contribution in [1.29, 1.82) is 0 Å². The average molecular weight is 566 g/mol. The molecule has 1 heterocycles. The second-order valence-electron chi connectivity index (χ2n) is 9.06. The molecular formula is C32H24ClN3O3S. The van der Waals surface area contributed by atoms with E-state index in [4.69, 9.17) is 11.6 Å². The second kappa shape index (κ2) is 11.6. The molecule has 1 amide bonds. The molecule has 0 unspecified atom stereocenters. The fourth-order valence-corrected chi connectivity index (χ4v) is 5.15. The number of amides is 1. The molecule has 1 N–H and O–H groups in total. The molecule has 0 aliphatic heterocycles. The molecule has 5 rings (SSSR count). The van der Waals surface area contributed by atoms with Gasteiger partial charge in [-0.3, -0.25) is 4.79 Å². The molecular weight excluding hydrogens is 542 g/mol.